The molecule has 1 aliphatic heterocycles. The van der Waals surface area contributed by atoms with Crippen LogP contribution in [-0.2, 0) is 6.42 Å². The Morgan fingerprint density at radius 1 is 1.48 bits per heavy atom. The third kappa shape index (κ3) is 3.23. The molecule has 4 nitrogen and oxygen atoms in total. The van der Waals surface area contributed by atoms with E-state index < -0.39 is 0 Å². The average molecular weight is 307 g/mol. The van der Waals surface area contributed by atoms with Crippen LogP contribution >= 0.6 is 11.3 Å². The summed E-state index contributed by atoms with van der Waals surface area (Å²) in [5.41, 5.74) is 0. The van der Waals surface area contributed by atoms with Gasteiger partial charge in [-0.15, -0.1) is 11.3 Å². The Morgan fingerprint density at radius 3 is 3.05 bits per heavy atom. The van der Waals surface area contributed by atoms with Gasteiger partial charge in [0.1, 0.15) is 0 Å². The number of rotatable bonds is 3. The molecular weight excluding hydrogens is 282 g/mol. The minimum absolute atomic E-state index is 0.130. The van der Waals surface area contributed by atoms with Crippen LogP contribution in [0.3, 0.4) is 0 Å². The molecule has 2 fully saturated rings. The number of likely N-dealkylation sites (tertiary alicyclic amines) is 1. The highest BCUT2D eigenvalue weighted by molar-refractivity contribution is 7.11. The summed E-state index contributed by atoms with van der Waals surface area (Å²) in [6.07, 6.45) is 9.02. The summed E-state index contributed by atoms with van der Waals surface area (Å²) in [7, 11) is 0. The summed E-state index contributed by atoms with van der Waals surface area (Å²) in [4.78, 5) is 20.2. The Morgan fingerprint density at radius 2 is 2.29 bits per heavy atom. The fourth-order valence-corrected chi connectivity index (χ4v) is 4.73. The number of carbonyl (C=O) groups is 1. The molecule has 5 heteroatoms. The van der Waals surface area contributed by atoms with Crippen molar-refractivity contribution in [3.63, 3.8) is 0 Å². The van der Waals surface area contributed by atoms with Crippen molar-refractivity contribution in [2.24, 2.45) is 5.92 Å². The van der Waals surface area contributed by atoms with Crippen LogP contribution in [0.1, 0.15) is 48.9 Å². The van der Waals surface area contributed by atoms with Gasteiger partial charge in [0.05, 0.1) is 5.01 Å². The van der Waals surface area contributed by atoms with E-state index in [9.17, 15) is 4.79 Å². The zero-order chi connectivity index (χ0) is 14.8. The molecule has 0 radical (unpaired) electrons. The number of urea groups is 1. The smallest absolute Gasteiger partial charge is 0.317 e. The molecule has 2 aliphatic rings. The maximum absolute atomic E-state index is 12.5. The van der Waals surface area contributed by atoms with Crippen LogP contribution in [0, 0.1) is 12.8 Å². The van der Waals surface area contributed by atoms with E-state index in [0.29, 0.717) is 18.6 Å². The highest BCUT2D eigenvalue weighted by atomic mass is 32.1. The van der Waals surface area contributed by atoms with Crippen molar-refractivity contribution < 1.29 is 4.79 Å². The van der Waals surface area contributed by atoms with Crippen molar-refractivity contribution in [1.29, 1.82) is 0 Å². The molecule has 1 saturated carbocycles. The Labute approximate surface area is 130 Å². The predicted molar refractivity (Wildman–Crippen MR) is 85.6 cm³/mol. The first kappa shape index (κ1) is 14.8. The lowest BCUT2D eigenvalue weighted by atomic mass is 9.85. The van der Waals surface area contributed by atoms with Crippen LogP contribution in [-0.4, -0.2) is 34.5 Å². The lowest BCUT2D eigenvalue weighted by Crippen LogP contribution is -2.48. The van der Waals surface area contributed by atoms with E-state index in [0.717, 1.165) is 17.3 Å². The van der Waals surface area contributed by atoms with Crippen LogP contribution < -0.4 is 5.32 Å². The number of hydrogen-bond donors (Lipinski definition) is 1. The SMILES string of the molecule is Cc1cnc(CCNC(=O)N2[C@H](C)C[C@@H]3CCCC[C@@H]32)s1. The predicted octanol–water partition coefficient (Wildman–Crippen LogP) is 3.36. The van der Waals surface area contributed by atoms with Crippen LogP contribution in [0.2, 0.25) is 0 Å². The molecule has 0 spiro atoms. The van der Waals surface area contributed by atoms with Gasteiger partial charge in [0.2, 0.25) is 0 Å². The van der Waals surface area contributed by atoms with Crippen LogP contribution in [0.5, 0.6) is 0 Å². The maximum atomic E-state index is 12.5. The zero-order valence-electron chi connectivity index (χ0n) is 13.0. The van der Waals surface area contributed by atoms with E-state index in [1.807, 2.05) is 6.20 Å². The summed E-state index contributed by atoms with van der Waals surface area (Å²) < 4.78 is 0. The summed E-state index contributed by atoms with van der Waals surface area (Å²) in [5.74, 6) is 0.737. The molecule has 116 valence electrons. The molecule has 1 saturated heterocycles. The number of fused-ring (bicyclic) bond motifs is 1. The van der Waals surface area contributed by atoms with E-state index in [1.54, 1.807) is 11.3 Å². The van der Waals surface area contributed by atoms with Gasteiger partial charge in [0.25, 0.3) is 0 Å². The number of thiazole rings is 1. The Kier molecular flexibility index (Phi) is 4.48. The minimum Gasteiger partial charge on any atom is -0.338 e. The number of amides is 2. The van der Waals surface area contributed by atoms with Gasteiger partial charge in [0.15, 0.2) is 0 Å². The molecule has 2 amide bonds. The van der Waals surface area contributed by atoms with Crippen LogP contribution in [0.4, 0.5) is 4.79 Å². The monoisotopic (exact) mass is 307 g/mol. The van der Waals surface area contributed by atoms with Gasteiger partial charge >= 0.3 is 6.03 Å². The summed E-state index contributed by atoms with van der Waals surface area (Å²) in [5, 5.41) is 4.21. The Hall–Kier alpha value is -1.10. The number of hydrogen-bond acceptors (Lipinski definition) is 3. The Balaban J connectivity index is 1.52. The van der Waals surface area contributed by atoms with E-state index in [-0.39, 0.29) is 6.03 Å². The Bertz CT molecular complexity index is 501. The van der Waals surface area contributed by atoms with Gasteiger partial charge in [-0.3, -0.25) is 0 Å². The molecule has 0 bridgehead atoms. The molecule has 2 heterocycles. The third-order valence-corrected chi connectivity index (χ3v) is 5.84. The van der Waals surface area contributed by atoms with Crippen molar-refractivity contribution in [3.8, 4) is 0 Å². The normalized spacial score (nSPS) is 28.5. The minimum atomic E-state index is 0.130. The largest absolute Gasteiger partial charge is 0.338 e. The van der Waals surface area contributed by atoms with Crippen molar-refractivity contribution in [2.45, 2.75) is 64.5 Å². The molecule has 0 unspecified atom stereocenters. The molecule has 1 aliphatic carbocycles. The number of nitrogens with one attached hydrogen (secondary N) is 1. The lowest BCUT2D eigenvalue weighted by Gasteiger charge is -2.33. The van der Waals surface area contributed by atoms with E-state index in [4.69, 9.17) is 0 Å². The van der Waals surface area contributed by atoms with Crippen LogP contribution in [0.15, 0.2) is 6.20 Å². The van der Waals surface area contributed by atoms with Crippen molar-refractivity contribution >= 4 is 17.4 Å². The summed E-state index contributed by atoms with van der Waals surface area (Å²) in [6.45, 7) is 4.95. The van der Waals surface area contributed by atoms with Gasteiger partial charge in [-0.1, -0.05) is 12.8 Å². The zero-order valence-corrected chi connectivity index (χ0v) is 13.8. The maximum Gasteiger partial charge on any atom is 0.317 e. The highest BCUT2D eigenvalue weighted by Gasteiger charge is 2.42. The van der Waals surface area contributed by atoms with Crippen molar-refractivity contribution in [1.82, 2.24) is 15.2 Å². The fraction of sp³-hybridized carbons (Fsp3) is 0.750. The number of nitrogens with zero attached hydrogens (tertiary/aromatic N) is 2. The van der Waals surface area contributed by atoms with Gasteiger partial charge in [-0.2, -0.15) is 0 Å². The molecule has 1 aromatic heterocycles. The van der Waals surface area contributed by atoms with E-state index >= 15 is 0 Å². The molecule has 3 atom stereocenters. The molecular formula is C16H25N3OS. The summed E-state index contributed by atoms with van der Waals surface area (Å²) >= 11 is 1.71. The second-order valence-electron chi connectivity index (χ2n) is 6.45. The van der Waals surface area contributed by atoms with Gasteiger partial charge < -0.3 is 10.2 Å². The molecule has 1 aromatic rings. The molecule has 0 aromatic carbocycles. The van der Waals surface area contributed by atoms with Gasteiger partial charge in [-0.25, -0.2) is 9.78 Å². The average Bonchev–Trinajstić information content (AvgIpc) is 3.01. The third-order valence-electron chi connectivity index (χ3n) is 4.86. The highest BCUT2D eigenvalue weighted by Crippen LogP contribution is 2.39. The van der Waals surface area contributed by atoms with Crippen molar-refractivity contribution in [2.75, 3.05) is 6.54 Å². The topological polar surface area (TPSA) is 45.2 Å². The van der Waals surface area contributed by atoms with E-state index in [1.165, 1.54) is 37.0 Å². The number of aryl methyl sites for hydroxylation is 1. The second kappa shape index (κ2) is 6.34. The first-order valence-corrected chi connectivity index (χ1v) is 8.94. The fourth-order valence-electron chi connectivity index (χ4n) is 3.94. The molecule has 21 heavy (non-hydrogen) atoms. The molecule has 3 rings (SSSR count). The van der Waals surface area contributed by atoms with Gasteiger partial charge in [0, 0.05) is 36.1 Å². The number of carbonyl (C=O) groups excluding carboxylic acids is 1. The lowest BCUT2D eigenvalue weighted by molar-refractivity contribution is 0.156. The summed E-state index contributed by atoms with van der Waals surface area (Å²) in [6, 6.07) is 1.00. The second-order valence-corrected chi connectivity index (χ2v) is 7.77. The quantitative estimate of drug-likeness (QED) is 0.930. The van der Waals surface area contributed by atoms with Crippen molar-refractivity contribution in [3.05, 3.63) is 16.1 Å². The van der Waals surface area contributed by atoms with Gasteiger partial charge in [-0.05, 0) is 39.0 Å². The first-order valence-electron chi connectivity index (χ1n) is 8.12. The van der Waals surface area contributed by atoms with E-state index in [2.05, 4.69) is 29.0 Å². The molecule has 1 N–H and O–H groups in total. The number of aromatic nitrogens is 1. The van der Waals surface area contributed by atoms with Crippen LogP contribution in [0.25, 0.3) is 0 Å². The first-order chi connectivity index (χ1) is 10.1. The standard InChI is InChI=1S/C16H25N3OS/c1-11-9-13-5-3-4-6-14(13)19(11)16(20)17-8-7-15-18-10-12(2)21-15/h10-11,13-14H,3-9H2,1-2H3,(H,17,20)/t11-,13+,14+/m1/s1.